The van der Waals surface area contributed by atoms with E-state index < -0.39 is 5.91 Å². The maximum atomic E-state index is 12.3. The minimum absolute atomic E-state index is 0.0424. The molecular formula is C20H17N3O3. The third-order valence-electron chi connectivity index (χ3n) is 3.43. The van der Waals surface area contributed by atoms with E-state index in [-0.39, 0.29) is 12.2 Å². The molecular weight excluding hydrogens is 330 g/mol. The minimum atomic E-state index is -0.498. The smallest absolute Gasteiger partial charge is 0.266 e. The Hall–Kier alpha value is -3.77. The van der Waals surface area contributed by atoms with Crippen LogP contribution in [0.15, 0.2) is 48.0 Å². The van der Waals surface area contributed by atoms with Crippen LogP contribution in [-0.4, -0.2) is 19.6 Å². The van der Waals surface area contributed by atoms with Crippen molar-refractivity contribution < 1.29 is 14.3 Å². The highest BCUT2D eigenvalue weighted by Crippen LogP contribution is 2.29. The molecule has 0 aromatic heterocycles. The summed E-state index contributed by atoms with van der Waals surface area (Å²) in [5.74, 6) is 0.321. The standard InChI is InChI=1S/C20H17N3O3/c1-14-4-3-5-17(10-14)23-20(24)16(13-22)11-15-6-7-18(26-9-8-21)19(12-15)25-2/h3-7,10-12H,9H2,1-2H3,(H,23,24). The summed E-state index contributed by atoms with van der Waals surface area (Å²) in [6.07, 6.45) is 1.46. The molecule has 0 aliphatic carbocycles. The van der Waals surface area contributed by atoms with Gasteiger partial charge in [0.1, 0.15) is 17.7 Å². The molecule has 0 unspecified atom stereocenters. The Morgan fingerprint density at radius 2 is 2.00 bits per heavy atom. The fourth-order valence-electron chi connectivity index (χ4n) is 2.24. The van der Waals surface area contributed by atoms with Gasteiger partial charge in [0.2, 0.25) is 0 Å². The summed E-state index contributed by atoms with van der Waals surface area (Å²) in [5.41, 5.74) is 2.18. The first-order valence-corrected chi connectivity index (χ1v) is 7.75. The number of nitriles is 2. The highest BCUT2D eigenvalue weighted by molar-refractivity contribution is 6.09. The van der Waals surface area contributed by atoms with Crippen molar-refractivity contribution in [2.75, 3.05) is 19.0 Å². The third kappa shape index (κ3) is 4.86. The molecule has 1 amide bonds. The lowest BCUT2D eigenvalue weighted by atomic mass is 10.1. The van der Waals surface area contributed by atoms with Gasteiger partial charge in [-0.1, -0.05) is 18.2 Å². The first-order chi connectivity index (χ1) is 12.6. The number of hydrogen-bond donors (Lipinski definition) is 1. The lowest BCUT2D eigenvalue weighted by molar-refractivity contribution is -0.112. The molecule has 0 heterocycles. The number of hydrogen-bond acceptors (Lipinski definition) is 5. The van der Waals surface area contributed by atoms with Crippen molar-refractivity contribution in [3.8, 4) is 23.6 Å². The van der Waals surface area contributed by atoms with Gasteiger partial charge in [0.05, 0.1) is 7.11 Å². The molecule has 2 rings (SSSR count). The number of anilines is 1. The van der Waals surface area contributed by atoms with E-state index in [1.54, 1.807) is 24.3 Å². The number of nitrogens with one attached hydrogen (secondary N) is 1. The highest BCUT2D eigenvalue weighted by Gasteiger charge is 2.11. The normalized spacial score (nSPS) is 10.4. The van der Waals surface area contributed by atoms with Crippen LogP contribution in [0.5, 0.6) is 11.5 Å². The van der Waals surface area contributed by atoms with Crippen LogP contribution in [0.1, 0.15) is 11.1 Å². The molecule has 6 heteroatoms. The Kier molecular flexibility index (Phi) is 6.36. The molecule has 0 fully saturated rings. The molecule has 2 aromatic rings. The van der Waals surface area contributed by atoms with Crippen LogP contribution in [0.4, 0.5) is 5.69 Å². The zero-order valence-corrected chi connectivity index (χ0v) is 14.4. The van der Waals surface area contributed by atoms with Gasteiger partial charge in [-0.05, 0) is 48.4 Å². The molecule has 0 saturated carbocycles. The minimum Gasteiger partial charge on any atom is -0.493 e. The molecule has 2 aromatic carbocycles. The van der Waals surface area contributed by atoms with Crippen molar-refractivity contribution in [3.05, 3.63) is 59.2 Å². The first kappa shape index (κ1) is 18.6. The molecule has 130 valence electrons. The molecule has 1 N–H and O–H groups in total. The molecule has 0 spiro atoms. The average Bonchev–Trinajstić information content (AvgIpc) is 2.64. The van der Waals surface area contributed by atoms with Gasteiger partial charge < -0.3 is 14.8 Å². The highest BCUT2D eigenvalue weighted by atomic mass is 16.5. The van der Waals surface area contributed by atoms with Gasteiger partial charge in [-0.15, -0.1) is 0 Å². The first-order valence-electron chi connectivity index (χ1n) is 7.75. The van der Waals surface area contributed by atoms with E-state index >= 15 is 0 Å². The fourth-order valence-corrected chi connectivity index (χ4v) is 2.24. The van der Waals surface area contributed by atoms with Crippen LogP contribution >= 0.6 is 0 Å². The van der Waals surface area contributed by atoms with Crippen LogP contribution in [-0.2, 0) is 4.79 Å². The van der Waals surface area contributed by atoms with Crippen molar-refractivity contribution in [3.63, 3.8) is 0 Å². The zero-order chi connectivity index (χ0) is 18.9. The SMILES string of the molecule is COc1cc(C=C(C#N)C(=O)Nc2cccc(C)c2)ccc1OCC#N. The summed E-state index contributed by atoms with van der Waals surface area (Å²) in [6, 6.07) is 16.0. The van der Waals surface area contributed by atoms with E-state index in [9.17, 15) is 10.1 Å². The number of carbonyl (C=O) groups excluding carboxylic acids is 1. The number of ether oxygens (including phenoxy) is 2. The Bertz CT molecular complexity index is 921. The van der Waals surface area contributed by atoms with E-state index in [0.29, 0.717) is 22.7 Å². The summed E-state index contributed by atoms with van der Waals surface area (Å²) < 4.78 is 10.5. The second-order valence-electron chi connectivity index (χ2n) is 5.35. The van der Waals surface area contributed by atoms with E-state index in [1.165, 1.54) is 13.2 Å². The van der Waals surface area contributed by atoms with Crippen molar-refractivity contribution in [1.82, 2.24) is 0 Å². The quantitative estimate of drug-likeness (QED) is 0.638. The van der Waals surface area contributed by atoms with Crippen LogP contribution < -0.4 is 14.8 Å². The molecule has 0 aliphatic rings. The molecule has 0 radical (unpaired) electrons. The topological polar surface area (TPSA) is 95.1 Å². The number of methoxy groups -OCH3 is 1. The Morgan fingerprint density at radius 1 is 1.19 bits per heavy atom. The molecule has 6 nitrogen and oxygen atoms in total. The van der Waals surface area contributed by atoms with E-state index in [1.807, 2.05) is 37.3 Å². The van der Waals surface area contributed by atoms with Gasteiger partial charge >= 0.3 is 0 Å². The number of amides is 1. The van der Waals surface area contributed by atoms with Gasteiger partial charge in [-0.3, -0.25) is 4.79 Å². The third-order valence-corrected chi connectivity index (χ3v) is 3.43. The number of benzene rings is 2. The average molecular weight is 347 g/mol. The summed E-state index contributed by atoms with van der Waals surface area (Å²) in [4.78, 5) is 12.3. The second-order valence-corrected chi connectivity index (χ2v) is 5.35. The summed E-state index contributed by atoms with van der Waals surface area (Å²) in [6.45, 7) is 1.81. The van der Waals surface area contributed by atoms with Crippen molar-refractivity contribution in [1.29, 1.82) is 10.5 Å². The lowest BCUT2D eigenvalue weighted by Gasteiger charge is -2.09. The van der Waals surface area contributed by atoms with E-state index in [0.717, 1.165) is 5.56 Å². The summed E-state index contributed by atoms with van der Waals surface area (Å²) in [5, 5.41) is 20.6. The van der Waals surface area contributed by atoms with Gasteiger partial charge in [0.15, 0.2) is 18.1 Å². The van der Waals surface area contributed by atoms with E-state index in [2.05, 4.69) is 5.32 Å². The van der Waals surface area contributed by atoms with Crippen LogP contribution in [0, 0.1) is 29.6 Å². The van der Waals surface area contributed by atoms with Gasteiger partial charge in [-0.2, -0.15) is 10.5 Å². The number of carbonyl (C=O) groups is 1. The predicted molar refractivity (Wildman–Crippen MR) is 97.5 cm³/mol. The van der Waals surface area contributed by atoms with Crippen LogP contribution in [0.25, 0.3) is 6.08 Å². The van der Waals surface area contributed by atoms with Crippen LogP contribution in [0.2, 0.25) is 0 Å². The maximum Gasteiger partial charge on any atom is 0.266 e. The van der Waals surface area contributed by atoms with Crippen molar-refractivity contribution in [2.45, 2.75) is 6.92 Å². The Balaban J connectivity index is 2.23. The molecule has 0 atom stereocenters. The maximum absolute atomic E-state index is 12.3. The van der Waals surface area contributed by atoms with Crippen molar-refractivity contribution >= 4 is 17.7 Å². The zero-order valence-electron chi connectivity index (χ0n) is 14.4. The Labute approximate surface area is 151 Å². The van der Waals surface area contributed by atoms with Crippen molar-refractivity contribution in [2.24, 2.45) is 0 Å². The van der Waals surface area contributed by atoms with Gasteiger partial charge in [0, 0.05) is 5.69 Å². The largest absolute Gasteiger partial charge is 0.493 e. The molecule has 26 heavy (non-hydrogen) atoms. The number of rotatable bonds is 6. The second kappa shape index (κ2) is 8.91. The van der Waals surface area contributed by atoms with Gasteiger partial charge in [-0.25, -0.2) is 0 Å². The molecule has 0 bridgehead atoms. The summed E-state index contributed by atoms with van der Waals surface area (Å²) >= 11 is 0. The monoisotopic (exact) mass is 347 g/mol. The number of nitrogens with zero attached hydrogens (tertiary/aromatic N) is 2. The molecule has 0 aliphatic heterocycles. The molecule has 0 saturated heterocycles. The van der Waals surface area contributed by atoms with Crippen LogP contribution in [0.3, 0.4) is 0 Å². The Morgan fingerprint density at radius 3 is 2.65 bits per heavy atom. The van der Waals surface area contributed by atoms with E-state index in [4.69, 9.17) is 14.7 Å². The lowest BCUT2D eigenvalue weighted by Crippen LogP contribution is -2.13. The predicted octanol–water partition coefficient (Wildman–Crippen LogP) is 3.45. The summed E-state index contributed by atoms with van der Waals surface area (Å²) in [7, 11) is 1.47. The fraction of sp³-hybridized carbons (Fsp3) is 0.150. The van der Waals surface area contributed by atoms with Gasteiger partial charge in [0.25, 0.3) is 5.91 Å². The number of aryl methyl sites for hydroxylation is 1.